The third-order valence-electron chi connectivity index (χ3n) is 2.24. The van der Waals surface area contributed by atoms with E-state index in [2.05, 4.69) is 4.99 Å². The molecule has 1 unspecified atom stereocenters. The van der Waals surface area contributed by atoms with Gasteiger partial charge in [0.1, 0.15) is 11.9 Å². The van der Waals surface area contributed by atoms with E-state index in [9.17, 15) is 9.90 Å². The fourth-order valence-electron chi connectivity index (χ4n) is 0.939. The van der Waals surface area contributed by atoms with E-state index in [-0.39, 0.29) is 5.92 Å². The van der Waals surface area contributed by atoms with E-state index in [1.807, 2.05) is 14.1 Å². The Labute approximate surface area is 78.3 Å². The number of amides is 1. The number of aliphatic hydroxyl groups is 1. The highest BCUT2D eigenvalue weighted by molar-refractivity contribution is 5.95. The highest BCUT2D eigenvalue weighted by Gasteiger charge is 2.34. The van der Waals surface area contributed by atoms with Gasteiger partial charge in [-0.25, -0.2) is 0 Å². The summed E-state index contributed by atoms with van der Waals surface area (Å²) in [5.74, 6) is 0.379. The zero-order valence-electron chi connectivity index (χ0n) is 8.32. The maximum absolute atomic E-state index is 11.3. The Bertz CT molecular complexity index is 232. The molecule has 0 radical (unpaired) electrons. The van der Waals surface area contributed by atoms with Gasteiger partial charge in [-0.2, -0.15) is 4.99 Å². The van der Waals surface area contributed by atoms with E-state index in [0.29, 0.717) is 5.84 Å². The normalized spacial score (nSPS) is 19.8. The first-order valence-electron chi connectivity index (χ1n) is 4.47. The molecule has 1 N–H and O–H groups in total. The SMILES string of the molecule is CC(=NC(=O)C(O)C1CC1)N(C)C. The van der Waals surface area contributed by atoms with Crippen molar-refractivity contribution < 1.29 is 9.90 Å². The molecule has 1 fully saturated rings. The Hall–Kier alpha value is -0.900. The molecule has 4 heteroatoms. The summed E-state index contributed by atoms with van der Waals surface area (Å²) in [5, 5.41) is 9.41. The van der Waals surface area contributed by atoms with Gasteiger partial charge in [-0.05, 0) is 25.7 Å². The highest BCUT2D eigenvalue weighted by Crippen LogP contribution is 2.32. The number of amidine groups is 1. The molecule has 1 aliphatic rings. The van der Waals surface area contributed by atoms with Crippen LogP contribution in [-0.2, 0) is 4.79 Å². The van der Waals surface area contributed by atoms with Gasteiger partial charge in [0, 0.05) is 14.1 Å². The minimum atomic E-state index is -0.880. The second kappa shape index (κ2) is 3.87. The maximum atomic E-state index is 11.3. The molecule has 1 amide bonds. The van der Waals surface area contributed by atoms with Crippen LogP contribution >= 0.6 is 0 Å². The number of hydrogen-bond donors (Lipinski definition) is 1. The van der Waals surface area contributed by atoms with E-state index < -0.39 is 12.0 Å². The Morgan fingerprint density at radius 3 is 2.46 bits per heavy atom. The molecule has 4 nitrogen and oxygen atoms in total. The Morgan fingerprint density at radius 1 is 1.54 bits per heavy atom. The smallest absolute Gasteiger partial charge is 0.276 e. The first kappa shape index (κ1) is 10.2. The predicted octanol–water partition coefficient (Wildman–Crippen LogP) is 0.264. The minimum Gasteiger partial charge on any atom is -0.383 e. The largest absolute Gasteiger partial charge is 0.383 e. The summed E-state index contributed by atoms with van der Waals surface area (Å²) in [6, 6.07) is 0. The average Bonchev–Trinajstić information content (AvgIpc) is 2.85. The fourth-order valence-corrected chi connectivity index (χ4v) is 0.939. The van der Waals surface area contributed by atoms with E-state index in [1.54, 1.807) is 11.8 Å². The van der Waals surface area contributed by atoms with Gasteiger partial charge in [-0.15, -0.1) is 0 Å². The molecule has 0 aromatic carbocycles. The van der Waals surface area contributed by atoms with Gasteiger partial charge in [-0.3, -0.25) is 4.79 Å². The number of carbonyl (C=O) groups is 1. The lowest BCUT2D eigenvalue weighted by Crippen LogP contribution is -2.25. The van der Waals surface area contributed by atoms with E-state index in [0.717, 1.165) is 12.8 Å². The summed E-state index contributed by atoms with van der Waals surface area (Å²) >= 11 is 0. The van der Waals surface area contributed by atoms with E-state index in [4.69, 9.17) is 0 Å². The molecule has 0 saturated heterocycles. The van der Waals surface area contributed by atoms with Crippen molar-refractivity contribution in [1.82, 2.24) is 4.90 Å². The van der Waals surface area contributed by atoms with Crippen molar-refractivity contribution >= 4 is 11.7 Å². The van der Waals surface area contributed by atoms with Crippen molar-refractivity contribution in [1.29, 1.82) is 0 Å². The van der Waals surface area contributed by atoms with Crippen molar-refractivity contribution in [2.75, 3.05) is 14.1 Å². The van der Waals surface area contributed by atoms with Crippen LogP contribution in [0.1, 0.15) is 19.8 Å². The third-order valence-corrected chi connectivity index (χ3v) is 2.24. The van der Waals surface area contributed by atoms with E-state index in [1.165, 1.54) is 0 Å². The van der Waals surface area contributed by atoms with Crippen molar-refractivity contribution in [2.24, 2.45) is 10.9 Å². The summed E-state index contributed by atoms with van der Waals surface area (Å²) in [4.78, 5) is 16.8. The van der Waals surface area contributed by atoms with Crippen LogP contribution in [0, 0.1) is 5.92 Å². The van der Waals surface area contributed by atoms with Crippen LogP contribution in [0.5, 0.6) is 0 Å². The molecular weight excluding hydrogens is 168 g/mol. The molecular formula is C9H16N2O2. The lowest BCUT2D eigenvalue weighted by Gasteiger charge is -2.11. The number of carbonyl (C=O) groups excluding carboxylic acids is 1. The predicted molar refractivity (Wildman–Crippen MR) is 50.5 cm³/mol. The lowest BCUT2D eigenvalue weighted by molar-refractivity contribution is -0.126. The summed E-state index contributed by atoms with van der Waals surface area (Å²) in [7, 11) is 3.63. The minimum absolute atomic E-state index is 0.159. The number of hydrogen-bond acceptors (Lipinski definition) is 2. The van der Waals surface area contributed by atoms with Crippen LogP contribution in [0.4, 0.5) is 0 Å². The van der Waals surface area contributed by atoms with Gasteiger partial charge in [0.05, 0.1) is 0 Å². The number of rotatable bonds is 2. The highest BCUT2D eigenvalue weighted by atomic mass is 16.3. The van der Waals surface area contributed by atoms with Crippen molar-refractivity contribution in [3.63, 3.8) is 0 Å². The number of nitrogens with zero attached hydrogens (tertiary/aromatic N) is 2. The van der Waals surface area contributed by atoms with Crippen LogP contribution in [0.2, 0.25) is 0 Å². The van der Waals surface area contributed by atoms with Crippen LogP contribution < -0.4 is 0 Å². The molecule has 1 atom stereocenters. The molecule has 1 saturated carbocycles. The second-order valence-electron chi connectivity index (χ2n) is 3.67. The van der Waals surface area contributed by atoms with Crippen molar-refractivity contribution in [3.8, 4) is 0 Å². The van der Waals surface area contributed by atoms with Crippen LogP contribution in [-0.4, -0.2) is 41.9 Å². The average molecular weight is 184 g/mol. The first-order chi connectivity index (χ1) is 6.02. The quantitative estimate of drug-likeness (QED) is 0.495. The molecule has 0 spiro atoms. The first-order valence-corrected chi connectivity index (χ1v) is 4.47. The van der Waals surface area contributed by atoms with Crippen LogP contribution in [0.25, 0.3) is 0 Å². The number of aliphatic hydroxyl groups excluding tert-OH is 1. The standard InChI is InChI=1S/C9H16N2O2/c1-6(11(2)3)10-9(13)8(12)7-4-5-7/h7-8,12H,4-5H2,1-3H3. The molecule has 0 aromatic heterocycles. The Balaban J connectivity index is 2.51. The van der Waals surface area contributed by atoms with E-state index >= 15 is 0 Å². The monoisotopic (exact) mass is 184 g/mol. The maximum Gasteiger partial charge on any atom is 0.276 e. The third kappa shape index (κ3) is 2.81. The van der Waals surface area contributed by atoms with Gasteiger partial charge in [0.25, 0.3) is 5.91 Å². The van der Waals surface area contributed by atoms with Crippen LogP contribution in [0.3, 0.4) is 0 Å². The molecule has 1 aliphatic carbocycles. The summed E-state index contributed by atoms with van der Waals surface area (Å²) in [6.07, 6.45) is 1.02. The van der Waals surface area contributed by atoms with Gasteiger partial charge in [0.15, 0.2) is 0 Å². The van der Waals surface area contributed by atoms with Crippen molar-refractivity contribution in [3.05, 3.63) is 0 Å². The summed E-state index contributed by atoms with van der Waals surface area (Å²) < 4.78 is 0. The Morgan fingerprint density at radius 2 is 2.08 bits per heavy atom. The summed E-state index contributed by atoms with van der Waals surface area (Å²) in [5.41, 5.74) is 0. The number of aliphatic imine (C=N–C) groups is 1. The van der Waals surface area contributed by atoms with Crippen LogP contribution in [0.15, 0.2) is 4.99 Å². The van der Waals surface area contributed by atoms with Gasteiger partial charge in [-0.1, -0.05) is 0 Å². The second-order valence-corrected chi connectivity index (χ2v) is 3.67. The van der Waals surface area contributed by atoms with Gasteiger partial charge < -0.3 is 10.0 Å². The molecule has 0 aliphatic heterocycles. The molecule has 74 valence electrons. The fraction of sp³-hybridized carbons (Fsp3) is 0.778. The van der Waals surface area contributed by atoms with Gasteiger partial charge >= 0.3 is 0 Å². The zero-order valence-corrected chi connectivity index (χ0v) is 8.32. The topological polar surface area (TPSA) is 52.9 Å². The molecule has 1 rings (SSSR count). The molecule has 13 heavy (non-hydrogen) atoms. The Kier molecular flexibility index (Phi) is 3.03. The molecule has 0 heterocycles. The van der Waals surface area contributed by atoms with Crippen molar-refractivity contribution in [2.45, 2.75) is 25.9 Å². The molecule has 0 bridgehead atoms. The molecule has 0 aromatic rings. The zero-order chi connectivity index (χ0) is 10.0. The lowest BCUT2D eigenvalue weighted by atomic mass is 10.2. The van der Waals surface area contributed by atoms with Gasteiger partial charge in [0.2, 0.25) is 0 Å². The summed E-state index contributed by atoms with van der Waals surface area (Å²) in [6.45, 7) is 1.75.